The Morgan fingerprint density at radius 3 is 2.64 bits per heavy atom. The van der Waals surface area contributed by atoms with Crippen molar-refractivity contribution in [2.45, 2.75) is 45.8 Å². The van der Waals surface area contributed by atoms with E-state index in [0.717, 1.165) is 17.7 Å². The van der Waals surface area contributed by atoms with Gasteiger partial charge in [0.2, 0.25) is 0 Å². The van der Waals surface area contributed by atoms with Gasteiger partial charge in [0.15, 0.2) is 0 Å². The van der Waals surface area contributed by atoms with Crippen LogP contribution in [0.3, 0.4) is 0 Å². The van der Waals surface area contributed by atoms with Crippen LogP contribution in [0.15, 0.2) is 24.4 Å². The zero-order valence-corrected chi connectivity index (χ0v) is 16.2. The summed E-state index contributed by atoms with van der Waals surface area (Å²) in [5, 5.41) is 13.5. The molecule has 0 fully saturated rings. The average Bonchev–Trinajstić information content (AvgIpc) is 2.93. The first-order valence-corrected chi connectivity index (χ1v) is 12.1. The predicted octanol–water partition coefficient (Wildman–Crippen LogP) is 4.26. The molecule has 0 saturated carbocycles. The van der Waals surface area contributed by atoms with Crippen molar-refractivity contribution in [3.05, 3.63) is 41.3 Å². The van der Waals surface area contributed by atoms with Crippen LogP contribution < -0.4 is 0 Å². The SMILES string of the molecule is CCc1cnn(COCC[Si](C)(C)C)c1-c1cc(F)cc(C(=O)O)c1. The van der Waals surface area contributed by atoms with E-state index < -0.39 is 19.9 Å². The van der Waals surface area contributed by atoms with Gasteiger partial charge in [0.25, 0.3) is 0 Å². The summed E-state index contributed by atoms with van der Waals surface area (Å²) in [6.07, 6.45) is 2.44. The normalized spacial score (nSPS) is 11.7. The second-order valence-electron chi connectivity index (χ2n) is 7.25. The Balaban J connectivity index is 2.28. The van der Waals surface area contributed by atoms with Crippen molar-refractivity contribution >= 4 is 14.0 Å². The monoisotopic (exact) mass is 364 g/mol. The van der Waals surface area contributed by atoms with E-state index in [4.69, 9.17) is 9.84 Å². The van der Waals surface area contributed by atoms with Crippen molar-refractivity contribution in [2.24, 2.45) is 0 Å². The number of nitrogens with zero attached hydrogens (tertiary/aromatic N) is 2. The lowest BCUT2D eigenvalue weighted by molar-refractivity contribution is 0.0696. The van der Waals surface area contributed by atoms with Crippen LogP contribution in [0.1, 0.15) is 22.8 Å². The Bertz CT molecular complexity index is 753. The topological polar surface area (TPSA) is 64.4 Å². The lowest BCUT2D eigenvalue weighted by Gasteiger charge is -2.16. The number of halogens is 1. The highest BCUT2D eigenvalue weighted by atomic mass is 28.3. The number of carboxylic acids is 1. The first-order chi connectivity index (χ1) is 11.7. The van der Waals surface area contributed by atoms with Crippen molar-refractivity contribution < 1.29 is 19.0 Å². The fourth-order valence-corrected chi connectivity index (χ4v) is 3.25. The highest BCUT2D eigenvalue weighted by Crippen LogP contribution is 2.26. The van der Waals surface area contributed by atoms with Gasteiger partial charge in [-0.05, 0) is 36.2 Å². The van der Waals surface area contributed by atoms with Gasteiger partial charge in [0, 0.05) is 20.2 Å². The van der Waals surface area contributed by atoms with Gasteiger partial charge < -0.3 is 9.84 Å². The number of ether oxygens (including phenoxy) is 1. The fourth-order valence-electron chi connectivity index (χ4n) is 2.49. The summed E-state index contributed by atoms with van der Waals surface area (Å²) in [6.45, 7) is 9.74. The maximum atomic E-state index is 13.9. The second-order valence-corrected chi connectivity index (χ2v) is 12.9. The number of hydrogen-bond donors (Lipinski definition) is 1. The van der Waals surface area contributed by atoms with Gasteiger partial charge in [0.05, 0.1) is 17.5 Å². The third-order valence-electron chi connectivity index (χ3n) is 3.92. The summed E-state index contributed by atoms with van der Waals surface area (Å²) in [4.78, 5) is 11.2. The summed E-state index contributed by atoms with van der Waals surface area (Å²) >= 11 is 0. The van der Waals surface area contributed by atoms with Crippen LogP contribution in [0, 0.1) is 5.82 Å². The molecule has 1 aromatic heterocycles. The van der Waals surface area contributed by atoms with Crippen LogP contribution in [0.25, 0.3) is 11.3 Å². The van der Waals surface area contributed by atoms with E-state index in [2.05, 4.69) is 24.7 Å². The van der Waals surface area contributed by atoms with Crippen molar-refractivity contribution in [2.75, 3.05) is 6.61 Å². The quantitative estimate of drug-likeness (QED) is 0.561. The minimum absolute atomic E-state index is 0.0792. The molecule has 0 amide bonds. The molecule has 0 aliphatic carbocycles. The van der Waals surface area contributed by atoms with Crippen molar-refractivity contribution in [1.82, 2.24) is 9.78 Å². The second kappa shape index (κ2) is 7.92. The molecule has 1 N–H and O–H groups in total. The molecule has 5 nitrogen and oxygen atoms in total. The molecule has 0 unspecified atom stereocenters. The van der Waals surface area contributed by atoms with Crippen LogP contribution in [0.2, 0.25) is 25.7 Å². The van der Waals surface area contributed by atoms with E-state index in [1.807, 2.05) is 6.92 Å². The van der Waals surface area contributed by atoms with Crippen molar-refractivity contribution in [3.8, 4) is 11.3 Å². The standard InChI is InChI=1S/C18H25FN2O3Si/c1-5-13-11-20-21(12-24-6-7-25(2,3)4)17(13)14-8-15(18(22)23)10-16(19)9-14/h8-11H,5-7,12H2,1-4H3,(H,22,23). The van der Waals surface area contributed by atoms with Crippen LogP contribution in [0.5, 0.6) is 0 Å². The molecule has 0 aliphatic rings. The van der Waals surface area contributed by atoms with E-state index in [1.54, 1.807) is 10.9 Å². The fraction of sp³-hybridized carbons (Fsp3) is 0.444. The Morgan fingerprint density at radius 1 is 1.32 bits per heavy atom. The molecule has 0 aliphatic heterocycles. The van der Waals surface area contributed by atoms with Crippen LogP contribution in [0.4, 0.5) is 4.39 Å². The highest BCUT2D eigenvalue weighted by molar-refractivity contribution is 6.76. The summed E-state index contributed by atoms with van der Waals surface area (Å²) < 4.78 is 21.3. The third kappa shape index (κ3) is 5.24. The van der Waals surface area contributed by atoms with Crippen LogP contribution in [-0.4, -0.2) is 35.5 Å². The molecule has 2 rings (SSSR count). The molecule has 0 bridgehead atoms. The Kier molecular flexibility index (Phi) is 6.13. The molecule has 1 aromatic carbocycles. The number of hydrogen-bond acceptors (Lipinski definition) is 3. The van der Waals surface area contributed by atoms with Gasteiger partial charge in [-0.3, -0.25) is 0 Å². The number of carboxylic acid groups (broad SMARTS) is 1. The largest absolute Gasteiger partial charge is 0.478 e. The first-order valence-electron chi connectivity index (χ1n) is 8.38. The van der Waals surface area contributed by atoms with Gasteiger partial charge in [-0.25, -0.2) is 13.9 Å². The number of benzene rings is 1. The van der Waals surface area contributed by atoms with Gasteiger partial charge >= 0.3 is 5.97 Å². The van der Waals surface area contributed by atoms with Gasteiger partial charge in [-0.2, -0.15) is 5.10 Å². The number of rotatable bonds is 8. The Morgan fingerprint density at radius 2 is 2.04 bits per heavy atom. The molecule has 25 heavy (non-hydrogen) atoms. The third-order valence-corrected chi connectivity index (χ3v) is 5.63. The molecule has 0 atom stereocenters. The van der Waals surface area contributed by atoms with E-state index in [-0.39, 0.29) is 12.3 Å². The van der Waals surface area contributed by atoms with Crippen LogP contribution >= 0.6 is 0 Å². The van der Waals surface area contributed by atoms with E-state index in [0.29, 0.717) is 24.3 Å². The zero-order chi connectivity index (χ0) is 18.6. The van der Waals surface area contributed by atoms with E-state index in [9.17, 15) is 9.18 Å². The minimum atomic E-state index is -1.17. The highest BCUT2D eigenvalue weighted by Gasteiger charge is 2.17. The number of aromatic nitrogens is 2. The Labute approximate surface area is 148 Å². The van der Waals surface area contributed by atoms with Gasteiger partial charge in [-0.1, -0.05) is 26.6 Å². The van der Waals surface area contributed by atoms with Crippen LogP contribution in [-0.2, 0) is 17.9 Å². The summed E-state index contributed by atoms with van der Waals surface area (Å²) in [5.41, 5.74) is 2.05. The lowest BCUT2D eigenvalue weighted by atomic mass is 10.0. The van der Waals surface area contributed by atoms with Gasteiger partial charge in [-0.15, -0.1) is 0 Å². The molecule has 2 aromatic rings. The Hall–Kier alpha value is -1.99. The van der Waals surface area contributed by atoms with Crippen molar-refractivity contribution in [1.29, 1.82) is 0 Å². The smallest absolute Gasteiger partial charge is 0.335 e. The molecular weight excluding hydrogens is 339 g/mol. The molecule has 136 valence electrons. The van der Waals surface area contributed by atoms with Gasteiger partial charge in [0.1, 0.15) is 12.5 Å². The molecule has 1 heterocycles. The van der Waals surface area contributed by atoms with E-state index >= 15 is 0 Å². The van der Waals surface area contributed by atoms with E-state index in [1.165, 1.54) is 12.1 Å². The zero-order valence-electron chi connectivity index (χ0n) is 15.2. The molecular formula is C18H25FN2O3Si. The number of aromatic carboxylic acids is 1. The number of carbonyl (C=O) groups is 1. The lowest BCUT2D eigenvalue weighted by Crippen LogP contribution is -2.22. The van der Waals surface area contributed by atoms with Crippen molar-refractivity contribution in [3.63, 3.8) is 0 Å². The predicted molar refractivity (Wildman–Crippen MR) is 98.1 cm³/mol. The number of aryl methyl sites for hydroxylation is 1. The maximum absolute atomic E-state index is 13.9. The summed E-state index contributed by atoms with van der Waals surface area (Å²) in [5.74, 6) is -1.74. The maximum Gasteiger partial charge on any atom is 0.335 e. The minimum Gasteiger partial charge on any atom is -0.478 e. The first kappa shape index (κ1) is 19.3. The summed E-state index contributed by atoms with van der Waals surface area (Å²) in [7, 11) is -1.17. The molecule has 0 saturated heterocycles. The summed E-state index contributed by atoms with van der Waals surface area (Å²) in [6, 6.07) is 4.87. The molecule has 0 spiro atoms. The molecule has 0 radical (unpaired) electrons. The average molecular weight is 364 g/mol. The molecule has 7 heteroatoms.